The largest absolute Gasteiger partial charge is 0.461 e. The third-order valence-corrected chi connectivity index (χ3v) is 6.50. The SMILES string of the molecule is C=CCCCCCNc1ccc2c(c1)c(=N)c(C(=O)OCCN1CCCC1)cn2C1CC1. The fourth-order valence-electron chi connectivity index (χ4n) is 4.47. The molecule has 1 saturated carbocycles. The van der Waals surface area contributed by atoms with Crippen molar-refractivity contribution >= 4 is 22.6 Å². The Morgan fingerprint density at radius 2 is 2.03 bits per heavy atom. The lowest BCUT2D eigenvalue weighted by atomic mass is 10.1. The number of ether oxygens (including phenoxy) is 1. The van der Waals surface area contributed by atoms with Crippen LogP contribution < -0.4 is 10.7 Å². The van der Waals surface area contributed by atoms with Crippen molar-refractivity contribution in [1.82, 2.24) is 9.47 Å². The number of likely N-dealkylation sites (tertiary alicyclic amines) is 1. The number of fused-ring (bicyclic) bond motifs is 1. The van der Waals surface area contributed by atoms with Crippen LogP contribution in [-0.2, 0) is 4.74 Å². The fraction of sp³-hybridized carbons (Fsp3) is 0.538. The number of nitrogens with one attached hydrogen (secondary N) is 2. The molecule has 32 heavy (non-hydrogen) atoms. The first-order chi connectivity index (χ1) is 15.7. The Balaban J connectivity index is 1.48. The van der Waals surface area contributed by atoms with Crippen LogP contribution in [0.4, 0.5) is 5.69 Å². The number of unbranched alkanes of at least 4 members (excludes halogenated alkanes) is 3. The molecule has 1 aromatic carbocycles. The van der Waals surface area contributed by atoms with Crippen LogP contribution in [0.2, 0.25) is 0 Å². The van der Waals surface area contributed by atoms with Crippen LogP contribution in [0.1, 0.15) is 67.8 Å². The molecule has 0 spiro atoms. The second-order valence-corrected chi connectivity index (χ2v) is 9.04. The molecule has 6 nitrogen and oxygen atoms in total. The highest BCUT2D eigenvalue weighted by Gasteiger charge is 2.26. The molecule has 2 aromatic rings. The van der Waals surface area contributed by atoms with Crippen molar-refractivity contribution in [2.45, 2.75) is 57.4 Å². The Morgan fingerprint density at radius 1 is 1.22 bits per heavy atom. The minimum Gasteiger partial charge on any atom is -0.461 e. The Kier molecular flexibility index (Phi) is 7.63. The van der Waals surface area contributed by atoms with Gasteiger partial charge in [-0.25, -0.2) is 4.79 Å². The summed E-state index contributed by atoms with van der Waals surface area (Å²) in [7, 11) is 0. The minimum atomic E-state index is -0.383. The van der Waals surface area contributed by atoms with Gasteiger partial charge in [-0.15, -0.1) is 6.58 Å². The summed E-state index contributed by atoms with van der Waals surface area (Å²) in [5.41, 5.74) is 2.38. The topological polar surface area (TPSA) is 70.3 Å². The Hall–Kier alpha value is -2.60. The molecule has 4 rings (SSSR count). The first-order valence-electron chi connectivity index (χ1n) is 12.1. The highest BCUT2D eigenvalue weighted by atomic mass is 16.5. The lowest BCUT2D eigenvalue weighted by Crippen LogP contribution is -2.27. The van der Waals surface area contributed by atoms with E-state index in [2.05, 4.69) is 33.5 Å². The van der Waals surface area contributed by atoms with Gasteiger partial charge in [0.25, 0.3) is 0 Å². The number of pyridine rings is 1. The number of aromatic nitrogens is 1. The molecule has 0 atom stereocenters. The van der Waals surface area contributed by atoms with Crippen LogP contribution in [0.3, 0.4) is 0 Å². The monoisotopic (exact) mass is 436 g/mol. The van der Waals surface area contributed by atoms with E-state index in [9.17, 15) is 4.79 Å². The normalized spacial score (nSPS) is 16.4. The van der Waals surface area contributed by atoms with E-state index in [1.807, 2.05) is 18.3 Å². The number of hydrogen-bond acceptors (Lipinski definition) is 5. The minimum absolute atomic E-state index is 0.262. The van der Waals surface area contributed by atoms with Crippen molar-refractivity contribution in [3.05, 3.63) is 48.0 Å². The summed E-state index contributed by atoms with van der Waals surface area (Å²) in [6.45, 7) is 8.00. The smallest absolute Gasteiger partial charge is 0.341 e. The fourth-order valence-corrected chi connectivity index (χ4v) is 4.47. The highest BCUT2D eigenvalue weighted by molar-refractivity contribution is 5.94. The average Bonchev–Trinajstić information content (AvgIpc) is 3.51. The maximum atomic E-state index is 12.9. The summed E-state index contributed by atoms with van der Waals surface area (Å²) in [4.78, 5) is 15.2. The number of rotatable bonds is 12. The molecule has 2 heterocycles. The summed E-state index contributed by atoms with van der Waals surface area (Å²) in [6, 6.07) is 6.59. The van der Waals surface area contributed by atoms with Crippen molar-refractivity contribution in [2.24, 2.45) is 0 Å². The van der Waals surface area contributed by atoms with Crippen LogP contribution in [0.5, 0.6) is 0 Å². The molecule has 0 bridgehead atoms. The van der Waals surface area contributed by atoms with Gasteiger partial charge in [-0.05, 0) is 76.2 Å². The molecule has 1 aliphatic heterocycles. The number of nitrogens with zero attached hydrogens (tertiary/aromatic N) is 2. The summed E-state index contributed by atoms with van der Waals surface area (Å²) >= 11 is 0. The lowest BCUT2D eigenvalue weighted by Gasteiger charge is -2.16. The number of carbonyl (C=O) groups excluding carboxylic acids is 1. The number of carbonyl (C=O) groups is 1. The van der Waals surface area contributed by atoms with Crippen LogP contribution in [0.25, 0.3) is 10.9 Å². The zero-order valence-electron chi connectivity index (χ0n) is 19.1. The van der Waals surface area contributed by atoms with Crippen LogP contribution in [0.15, 0.2) is 37.1 Å². The molecule has 1 aromatic heterocycles. The highest BCUT2D eigenvalue weighted by Crippen LogP contribution is 2.37. The number of anilines is 1. The molecular weight excluding hydrogens is 400 g/mol. The Bertz CT molecular complexity index is 1000. The lowest BCUT2D eigenvalue weighted by molar-refractivity contribution is 0.0469. The van der Waals surface area contributed by atoms with Gasteiger partial charge in [0.2, 0.25) is 0 Å². The second kappa shape index (κ2) is 10.8. The summed E-state index contributed by atoms with van der Waals surface area (Å²) < 4.78 is 7.75. The van der Waals surface area contributed by atoms with Gasteiger partial charge < -0.3 is 14.6 Å². The van der Waals surface area contributed by atoms with Crippen molar-refractivity contribution in [3.8, 4) is 0 Å². The van der Waals surface area contributed by atoms with Gasteiger partial charge in [0.1, 0.15) is 12.2 Å². The van der Waals surface area contributed by atoms with E-state index in [1.165, 1.54) is 25.7 Å². The predicted molar refractivity (Wildman–Crippen MR) is 129 cm³/mol. The molecule has 2 N–H and O–H groups in total. The second-order valence-electron chi connectivity index (χ2n) is 9.04. The van der Waals surface area contributed by atoms with Crippen molar-refractivity contribution in [1.29, 1.82) is 5.41 Å². The first-order valence-corrected chi connectivity index (χ1v) is 12.1. The molecule has 172 valence electrons. The van der Waals surface area contributed by atoms with Gasteiger partial charge in [0.15, 0.2) is 0 Å². The Morgan fingerprint density at radius 3 is 2.78 bits per heavy atom. The van der Waals surface area contributed by atoms with E-state index in [1.54, 1.807) is 0 Å². The van der Waals surface area contributed by atoms with Crippen molar-refractivity contribution in [2.75, 3.05) is 38.1 Å². The third kappa shape index (κ3) is 5.60. The van der Waals surface area contributed by atoms with Crippen LogP contribution in [-0.4, -0.2) is 48.2 Å². The van der Waals surface area contributed by atoms with Crippen molar-refractivity contribution < 1.29 is 9.53 Å². The zero-order valence-corrected chi connectivity index (χ0v) is 19.1. The standard InChI is InChI=1S/C26H36N4O2/c1-2-3-4-5-6-13-28-20-9-12-24-22(18-20)25(27)23(19-30(24)21-10-11-21)26(31)32-17-16-29-14-7-8-15-29/h2,9,12,18-19,21,27-28H,1,3-8,10-11,13-17H2. The van der Waals surface area contributed by atoms with E-state index < -0.39 is 0 Å². The van der Waals surface area contributed by atoms with Gasteiger partial charge in [-0.3, -0.25) is 10.3 Å². The predicted octanol–water partition coefficient (Wildman–Crippen LogP) is 4.87. The van der Waals surface area contributed by atoms with E-state index in [0.717, 1.165) is 68.5 Å². The molecule has 6 heteroatoms. The molecule has 0 amide bonds. The molecule has 1 aliphatic carbocycles. The van der Waals surface area contributed by atoms with Gasteiger partial charge in [-0.1, -0.05) is 12.5 Å². The number of benzene rings is 1. The van der Waals surface area contributed by atoms with Crippen LogP contribution in [0, 0.1) is 5.41 Å². The average molecular weight is 437 g/mol. The summed E-state index contributed by atoms with van der Waals surface area (Å²) in [5.74, 6) is -0.383. The Labute approximate surface area is 190 Å². The maximum absolute atomic E-state index is 12.9. The van der Waals surface area contributed by atoms with E-state index >= 15 is 0 Å². The number of esters is 1. The molecule has 0 radical (unpaired) electrons. The van der Waals surface area contributed by atoms with Gasteiger partial charge in [0, 0.05) is 36.4 Å². The van der Waals surface area contributed by atoms with Crippen molar-refractivity contribution in [3.63, 3.8) is 0 Å². The molecule has 1 saturated heterocycles. The van der Waals surface area contributed by atoms with Gasteiger partial charge >= 0.3 is 5.97 Å². The maximum Gasteiger partial charge on any atom is 0.341 e. The summed E-state index contributed by atoms with van der Waals surface area (Å²) in [6.07, 6.45) is 13.0. The van der Waals surface area contributed by atoms with E-state index in [-0.39, 0.29) is 11.3 Å². The first kappa shape index (κ1) is 22.6. The van der Waals surface area contributed by atoms with E-state index in [0.29, 0.717) is 18.2 Å². The van der Waals surface area contributed by atoms with Crippen LogP contribution >= 0.6 is 0 Å². The quantitative estimate of drug-likeness (QED) is 0.283. The molecule has 2 fully saturated rings. The zero-order chi connectivity index (χ0) is 22.3. The van der Waals surface area contributed by atoms with E-state index in [4.69, 9.17) is 10.1 Å². The molecular formula is C26H36N4O2. The van der Waals surface area contributed by atoms with Gasteiger partial charge in [0.05, 0.1) is 10.9 Å². The molecule has 0 unspecified atom stereocenters. The van der Waals surface area contributed by atoms with Gasteiger partial charge in [-0.2, -0.15) is 0 Å². The molecule has 2 aliphatic rings. The number of allylic oxidation sites excluding steroid dienone is 1. The summed E-state index contributed by atoms with van der Waals surface area (Å²) in [5, 5.41) is 13.3. The third-order valence-electron chi connectivity index (χ3n) is 6.50. The number of hydrogen-bond donors (Lipinski definition) is 2.